The van der Waals surface area contributed by atoms with Crippen LogP contribution < -0.4 is 27.8 Å². The molecule has 0 radical (unpaired) electrons. The summed E-state index contributed by atoms with van der Waals surface area (Å²) in [6, 6.07) is 12.6. The first-order valence-electron chi connectivity index (χ1n) is 24.1. The van der Waals surface area contributed by atoms with Crippen molar-refractivity contribution in [3.05, 3.63) is 67.6 Å². The van der Waals surface area contributed by atoms with Gasteiger partial charge >= 0.3 is 0 Å². The Morgan fingerprint density at radius 3 is 1.32 bits per heavy atom. The van der Waals surface area contributed by atoms with E-state index in [1.165, 1.54) is 163 Å². The van der Waals surface area contributed by atoms with Crippen molar-refractivity contribution in [1.29, 1.82) is 10.8 Å². The third-order valence-electron chi connectivity index (χ3n) is 13.0. The second kappa shape index (κ2) is 37.3. The molecule has 386 valence electrons. The van der Waals surface area contributed by atoms with Crippen molar-refractivity contribution in [1.82, 2.24) is 20.4 Å². The second-order valence-electron chi connectivity index (χ2n) is 18.0. The zero-order chi connectivity index (χ0) is 46.1. The van der Waals surface area contributed by atoms with E-state index < -0.39 is 0 Å². The van der Waals surface area contributed by atoms with Crippen LogP contribution >= 0.6 is 113 Å². The van der Waals surface area contributed by atoms with Gasteiger partial charge in [0.15, 0.2) is 20.7 Å². The minimum atomic E-state index is 0. The summed E-state index contributed by atoms with van der Waals surface area (Å²) >= 11 is 13.3. The van der Waals surface area contributed by atoms with Gasteiger partial charge in [0, 0.05) is 45.0 Å². The number of nitrogens with zero attached hydrogens (tertiary/aromatic N) is 4. The monoisotopic (exact) mass is 1270 g/mol. The lowest BCUT2D eigenvalue weighted by Crippen LogP contribution is -2.42. The van der Waals surface area contributed by atoms with Gasteiger partial charge in [0.2, 0.25) is 0 Å². The lowest BCUT2D eigenvalue weighted by atomic mass is 9.87. The Bertz CT molecular complexity index is 1790. The van der Waals surface area contributed by atoms with Gasteiger partial charge < -0.3 is 27.8 Å². The van der Waals surface area contributed by atoms with Gasteiger partial charge in [0.25, 0.3) is 0 Å². The van der Waals surface area contributed by atoms with Crippen LogP contribution in [0.3, 0.4) is 0 Å². The van der Waals surface area contributed by atoms with Gasteiger partial charge in [-0.1, -0.05) is 195 Å². The van der Waals surface area contributed by atoms with E-state index in [0.717, 1.165) is 92.9 Å². The molecule has 5 aliphatic rings. The largest absolute Gasteiger partial charge is 0.379 e. The van der Waals surface area contributed by atoms with Gasteiger partial charge in [0.05, 0.1) is 26.7 Å². The van der Waals surface area contributed by atoms with Crippen molar-refractivity contribution < 1.29 is 0 Å². The Morgan fingerprint density at radius 2 is 0.941 bits per heavy atom. The average Bonchev–Trinajstić information content (AvgIpc) is 3.33. The minimum Gasteiger partial charge on any atom is -0.379 e. The van der Waals surface area contributed by atoms with Crippen molar-refractivity contribution >= 4 is 134 Å². The first-order chi connectivity index (χ1) is 31.6. The van der Waals surface area contributed by atoms with E-state index in [-0.39, 0.29) is 51.7 Å². The summed E-state index contributed by atoms with van der Waals surface area (Å²) in [5.41, 5.74) is 21.1. The molecule has 0 saturated heterocycles. The number of hydrogen-bond donors (Lipinski definition) is 7. The fourth-order valence-corrected chi connectivity index (χ4v) is 12.9. The topological polar surface area (TPSA) is 181 Å². The fraction of sp³-hybridized carbons (Fsp3) is 0.673. The molecule has 0 spiro atoms. The first-order valence-corrected chi connectivity index (χ1v) is 29.6. The number of hydrogen-bond acceptors (Lipinski definition) is 13. The Hall–Kier alpha value is -0.480. The number of amidine groups is 4. The number of aliphatic imine (C=N–C) groups is 2. The van der Waals surface area contributed by atoms with E-state index in [4.69, 9.17) is 38.0 Å². The molecule has 0 unspecified atom stereocenters. The van der Waals surface area contributed by atoms with Crippen LogP contribution in [0.1, 0.15) is 145 Å². The highest BCUT2D eigenvalue weighted by Crippen LogP contribution is 2.30. The summed E-state index contributed by atoms with van der Waals surface area (Å²) in [5, 5.41) is 23.9. The zero-order valence-corrected chi connectivity index (χ0v) is 49.3. The number of benzene rings is 2. The SMILES string of the molecule is Br.Br.Brc1ccc(CSC2=NCN(CCC3CCCCC3)CN2)c(CSC2=NCN(CCC3CCCCC3)CN2)c1.C.N=C(N)SCc1ccc(Br)cc1CSC(=N)N.NCCC1CCCCC1. The van der Waals surface area contributed by atoms with Gasteiger partial charge in [-0.25, -0.2) is 9.98 Å². The number of nitrogens with two attached hydrogens (primary N) is 3. The molecule has 19 heteroatoms. The van der Waals surface area contributed by atoms with Crippen LogP contribution in [0.2, 0.25) is 0 Å². The summed E-state index contributed by atoms with van der Waals surface area (Å²) in [6.45, 7) is 6.73. The highest BCUT2D eigenvalue weighted by atomic mass is 79.9. The maximum absolute atomic E-state index is 7.21. The molecule has 11 nitrogen and oxygen atoms in total. The van der Waals surface area contributed by atoms with Crippen molar-refractivity contribution in [2.45, 2.75) is 146 Å². The smallest absolute Gasteiger partial charge is 0.159 e. The molecule has 10 N–H and O–H groups in total. The predicted molar refractivity (Wildman–Crippen MR) is 321 cm³/mol. The molecular formula is C49H83Br4N11S4. The molecule has 2 heterocycles. The van der Waals surface area contributed by atoms with E-state index in [2.05, 4.69) is 70.5 Å². The number of halogens is 4. The molecule has 68 heavy (non-hydrogen) atoms. The summed E-state index contributed by atoms with van der Waals surface area (Å²) in [6.07, 6.45) is 25.5. The second-order valence-corrected chi connectivity index (χ2v) is 23.8. The molecule has 2 aromatic rings. The molecule has 0 atom stereocenters. The Labute approximate surface area is 465 Å². The summed E-state index contributed by atoms with van der Waals surface area (Å²) in [7, 11) is 0. The van der Waals surface area contributed by atoms with Gasteiger partial charge in [-0.3, -0.25) is 20.6 Å². The maximum atomic E-state index is 7.21. The quantitative estimate of drug-likeness (QED) is 0.0628. The van der Waals surface area contributed by atoms with Crippen molar-refractivity contribution in [2.75, 3.05) is 46.3 Å². The molecule has 2 aromatic carbocycles. The number of thioether (sulfide) groups is 4. The normalized spacial score (nSPS) is 18.2. The number of rotatable bonds is 16. The highest BCUT2D eigenvalue weighted by Gasteiger charge is 2.20. The third-order valence-corrected chi connectivity index (χ3v) is 17.5. The lowest BCUT2D eigenvalue weighted by molar-refractivity contribution is 0.226. The van der Waals surface area contributed by atoms with Gasteiger partial charge in [-0.2, -0.15) is 0 Å². The lowest BCUT2D eigenvalue weighted by Gasteiger charge is -2.29. The molecule has 3 fully saturated rings. The summed E-state index contributed by atoms with van der Waals surface area (Å²) in [5.74, 6) is 6.03. The van der Waals surface area contributed by atoms with Crippen LogP contribution in [0.4, 0.5) is 0 Å². The van der Waals surface area contributed by atoms with E-state index >= 15 is 0 Å². The minimum absolute atomic E-state index is 0. The highest BCUT2D eigenvalue weighted by molar-refractivity contribution is 9.10. The summed E-state index contributed by atoms with van der Waals surface area (Å²) in [4.78, 5) is 14.6. The maximum Gasteiger partial charge on any atom is 0.159 e. The Morgan fingerprint density at radius 1 is 0.574 bits per heavy atom. The molecular weight excluding hydrogens is 1190 g/mol. The standard InChI is InChI=1S/C30H47BrN6S2.C10H13BrN4S2.C8H17N.CH4.2BrH/c31-28-12-11-26(18-38-29-32-20-36(21-33-29)15-13-24-7-3-1-4-8-24)27(17-28)19-39-30-34-22-37(23-35-30)16-14-25-9-5-2-6-10-25;11-8-2-1-6(4-16-9(12)13)7(3-8)5-17-10(14)15;9-7-6-8-4-2-1-3-5-8;;;/h11-12,17,24-25H,1-10,13-16,18-23H2,(H,32,33)(H,34,35);1-3H,4-5H2,(H3,12,13)(H3,14,15);8H,1-7,9H2;1H4;2*1H. The van der Waals surface area contributed by atoms with Crippen LogP contribution in [-0.2, 0) is 23.0 Å². The molecule has 0 aromatic heterocycles. The molecule has 7 rings (SSSR count). The van der Waals surface area contributed by atoms with Crippen LogP contribution in [0.25, 0.3) is 0 Å². The number of nitrogens with one attached hydrogen (secondary N) is 4. The molecule has 3 saturated carbocycles. The fourth-order valence-electron chi connectivity index (χ4n) is 9.13. The third kappa shape index (κ3) is 26.0. The Balaban J connectivity index is 0.000000453. The van der Waals surface area contributed by atoms with Gasteiger partial charge in [-0.15, -0.1) is 34.0 Å². The molecule has 2 aliphatic heterocycles. The van der Waals surface area contributed by atoms with E-state index in [0.29, 0.717) is 11.5 Å². The van der Waals surface area contributed by atoms with Crippen molar-refractivity contribution in [3.63, 3.8) is 0 Å². The van der Waals surface area contributed by atoms with Crippen LogP contribution in [-0.4, -0.2) is 76.8 Å². The zero-order valence-electron chi connectivity index (χ0n) is 39.4. The molecule has 3 aliphatic carbocycles. The molecule has 0 amide bonds. The summed E-state index contributed by atoms with van der Waals surface area (Å²) < 4.78 is 2.13. The van der Waals surface area contributed by atoms with Crippen LogP contribution in [0, 0.1) is 28.6 Å². The van der Waals surface area contributed by atoms with Crippen LogP contribution in [0.5, 0.6) is 0 Å². The first kappa shape index (κ1) is 63.6. The van der Waals surface area contributed by atoms with E-state index in [1.54, 1.807) is 0 Å². The molecule has 0 bridgehead atoms. The van der Waals surface area contributed by atoms with Gasteiger partial charge in [0.1, 0.15) is 0 Å². The van der Waals surface area contributed by atoms with E-state index in [1.807, 2.05) is 41.7 Å². The van der Waals surface area contributed by atoms with E-state index in [9.17, 15) is 0 Å². The van der Waals surface area contributed by atoms with Crippen molar-refractivity contribution in [3.8, 4) is 0 Å². The van der Waals surface area contributed by atoms with Crippen LogP contribution in [0.15, 0.2) is 55.3 Å². The predicted octanol–water partition coefficient (Wildman–Crippen LogP) is 13.6. The Kier molecular flexibility index (Phi) is 34.9. The average molecular weight is 1270 g/mol. The van der Waals surface area contributed by atoms with Gasteiger partial charge in [-0.05, 0) is 90.1 Å². The van der Waals surface area contributed by atoms with Crippen molar-refractivity contribution in [2.24, 2.45) is 44.9 Å².